The van der Waals surface area contributed by atoms with Crippen LogP contribution in [0.1, 0.15) is 37.6 Å². The molecule has 0 aliphatic heterocycles. The standard InChI is InChI=1S/C17H20N6S/c1-11-9-14(20-19-11)15-21-22-16(24)23(15)18-10-12-5-7-13(8-6-12)17(2,3)4/h5-10H,1-4H3,(H,19,20)(H,22,24)/b18-10-. The molecule has 2 N–H and O–H groups in total. The van der Waals surface area contributed by atoms with E-state index in [1.54, 1.807) is 10.9 Å². The highest BCUT2D eigenvalue weighted by Crippen LogP contribution is 2.22. The molecule has 7 heteroatoms. The Balaban J connectivity index is 1.90. The minimum absolute atomic E-state index is 0.133. The SMILES string of the molecule is Cc1cc(-c2n[nH]c(=S)n2/N=C\c2ccc(C(C)(C)C)cc2)n[nH]1. The second kappa shape index (κ2) is 6.16. The number of rotatable bonds is 3. The van der Waals surface area contributed by atoms with E-state index in [1.165, 1.54) is 5.56 Å². The largest absolute Gasteiger partial charge is 0.282 e. The van der Waals surface area contributed by atoms with Crippen LogP contribution >= 0.6 is 12.2 Å². The van der Waals surface area contributed by atoms with Crippen molar-refractivity contribution in [3.63, 3.8) is 0 Å². The van der Waals surface area contributed by atoms with Gasteiger partial charge in [0.25, 0.3) is 0 Å². The lowest BCUT2D eigenvalue weighted by molar-refractivity contribution is 0.590. The van der Waals surface area contributed by atoms with Gasteiger partial charge in [0.1, 0.15) is 5.69 Å². The predicted molar refractivity (Wildman–Crippen MR) is 97.9 cm³/mol. The lowest BCUT2D eigenvalue weighted by Gasteiger charge is -2.18. The van der Waals surface area contributed by atoms with Crippen LogP contribution in [0, 0.1) is 11.7 Å². The molecule has 2 aromatic heterocycles. The van der Waals surface area contributed by atoms with Crippen molar-refractivity contribution in [2.45, 2.75) is 33.1 Å². The molecule has 0 aliphatic carbocycles. The number of aromatic nitrogens is 5. The molecule has 0 radical (unpaired) electrons. The number of hydrogen-bond donors (Lipinski definition) is 2. The molecule has 0 atom stereocenters. The first-order valence-corrected chi connectivity index (χ1v) is 8.10. The van der Waals surface area contributed by atoms with Crippen molar-refractivity contribution in [2.75, 3.05) is 0 Å². The summed E-state index contributed by atoms with van der Waals surface area (Å²) >= 11 is 5.26. The Bertz CT molecular complexity index is 921. The van der Waals surface area contributed by atoms with Crippen LogP contribution in [-0.2, 0) is 5.41 Å². The summed E-state index contributed by atoms with van der Waals surface area (Å²) in [5, 5.41) is 18.5. The Kier molecular flexibility index (Phi) is 4.19. The second-order valence-corrected chi connectivity index (χ2v) is 7.10. The van der Waals surface area contributed by atoms with E-state index in [9.17, 15) is 0 Å². The number of nitrogens with zero attached hydrogens (tertiary/aromatic N) is 4. The first-order chi connectivity index (χ1) is 11.3. The van der Waals surface area contributed by atoms with Crippen LogP contribution in [-0.4, -0.2) is 31.3 Å². The van der Waals surface area contributed by atoms with Gasteiger partial charge in [-0.2, -0.15) is 20.0 Å². The molecule has 24 heavy (non-hydrogen) atoms. The Morgan fingerprint density at radius 2 is 1.83 bits per heavy atom. The van der Waals surface area contributed by atoms with Gasteiger partial charge >= 0.3 is 0 Å². The zero-order valence-electron chi connectivity index (χ0n) is 14.2. The van der Waals surface area contributed by atoms with Gasteiger partial charge in [-0.3, -0.25) is 5.10 Å². The van der Waals surface area contributed by atoms with Crippen LogP contribution < -0.4 is 0 Å². The molecule has 3 aromatic rings. The number of hydrogen-bond acceptors (Lipinski definition) is 4. The zero-order chi connectivity index (χ0) is 17.3. The Morgan fingerprint density at radius 1 is 1.12 bits per heavy atom. The van der Waals surface area contributed by atoms with Gasteiger partial charge in [0.15, 0.2) is 0 Å². The lowest BCUT2D eigenvalue weighted by atomic mass is 9.87. The number of benzene rings is 1. The molecule has 0 saturated carbocycles. The van der Waals surface area contributed by atoms with E-state index in [1.807, 2.05) is 25.1 Å². The highest BCUT2D eigenvalue weighted by atomic mass is 32.1. The second-order valence-electron chi connectivity index (χ2n) is 6.72. The molecular formula is C17H20N6S. The van der Waals surface area contributed by atoms with Crippen LogP contribution in [0.15, 0.2) is 35.4 Å². The average Bonchev–Trinajstić information content (AvgIpc) is 3.11. The topological polar surface area (TPSA) is 74.7 Å². The number of aromatic amines is 2. The van der Waals surface area contributed by atoms with Crippen LogP contribution in [0.5, 0.6) is 0 Å². The quantitative estimate of drug-likeness (QED) is 0.562. The molecule has 2 heterocycles. The van der Waals surface area contributed by atoms with Crippen molar-refractivity contribution >= 4 is 18.4 Å². The van der Waals surface area contributed by atoms with Gasteiger partial charge in [-0.1, -0.05) is 45.0 Å². The minimum atomic E-state index is 0.133. The van der Waals surface area contributed by atoms with Gasteiger partial charge in [-0.05, 0) is 41.7 Å². The maximum Gasteiger partial charge on any atom is 0.216 e. The molecular weight excluding hydrogens is 320 g/mol. The van der Waals surface area contributed by atoms with Gasteiger partial charge in [-0.25, -0.2) is 5.10 Å². The fourth-order valence-corrected chi connectivity index (χ4v) is 2.47. The molecule has 3 rings (SSSR count). The Labute approximate surface area is 145 Å². The monoisotopic (exact) mass is 340 g/mol. The average molecular weight is 340 g/mol. The van der Waals surface area contributed by atoms with Gasteiger partial charge in [0.2, 0.25) is 10.6 Å². The summed E-state index contributed by atoms with van der Waals surface area (Å²) < 4.78 is 2.00. The first-order valence-electron chi connectivity index (χ1n) is 7.69. The van der Waals surface area contributed by atoms with Crippen LogP contribution in [0.2, 0.25) is 0 Å². The fourth-order valence-electron chi connectivity index (χ4n) is 2.29. The molecule has 6 nitrogen and oxygen atoms in total. The Morgan fingerprint density at radius 3 is 2.42 bits per heavy atom. The van der Waals surface area contributed by atoms with Gasteiger partial charge < -0.3 is 0 Å². The highest BCUT2D eigenvalue weighted by molar-refractivity contribution is 7.71. The van der Waals surface area contributed by atoms with Gasteiger partial charge in [0.05, 0.1) is 6.21 Å². The number of H-pyrrole nitrogens is 2. The molecule has 0 spiro atoms. The number of nitrogens with one attached hydrogen (secondary N) is 2. The maximum atomic E-state index is 5.26. The summed E-state index contributed by atoms with van der Waals surface area (Å²) in [5.74, 6) is 0.576. The molecule has 0 unspecified atom stereocenters. The first kappa shape index (κ1) is 16.3. The zero-order valence-corrected chi connectivity index (χ0v) is 15.0. The summed E-state index contributed by atoms with van der Waals surface area (Å²) in [4.78, 5) is 0. The predicted octanol–water partition coefficient (Wildman–Crippen LogP) is 3.82. The summed E-state index contributed by atoms with van der Waals surface area (Å²) in [6, 6.07) is 10.2. The molecule has 0 amide bonds. The molecule has 0 fully saturated rings. The third kappa shape index (κ3) is 3.35. The summed E-state index contributed by atoms with van der Waals surface area (Å²) in [7, 11) is 0. The fraction of sp³-hybridized carbons (Fsp3) is 0.294. The van der Waals surface area contributed by atoms with E-state index in [-0.39, 0.29) is 5.41 Å². The number of aryl methyl sites for hydroxylation is 1. The normalized spacial score (nSPS) is 12.2. The maximum absolute atomic E-state index is 5.26. The van der Waals surface area contributed by atoms with Crippen molar-refractivity contribution in [1.82, 2.24) is 25.1 Å². The van der Waals surface area contributed by atoms with Crippen molar-refractivity contribution in [3.8, 4) is 11.5 Å². The van der Waals surface area contributed by atoms with E-state index in [4.69, 9.17) is 12.2 Å². The van der Waals surface area contributed by atoms with Crippen molar-refractivity contribution in [3.05, 3.63) is 51.9 Å². The van der Waals surface area contributed by atoms with Gasteiger partial charge in [-0.15, -0.1) is 0 Å². The molecule has 1 aromatic carbocycles. The van der Waals surface area contributed by atoms with E-state index < -0.39 is 0 Å². The lowest BCUT2D eigenvalue weighted by Crippen LogP contribution is -2.10. The van der Waals surface area contributed by atoms with Crippen LogP contribution in [0.3, 0.4) is 0 Å². The van der Waals surface area contributed by atoms with Crippen LogP contribution in [0.25, 0.3) is 11.5 Å². The highest BCUT2D eigenvalue weighted by Gasteiger charge is 2.13. The minimum Gasteiger partial charge on any atom is -0.282 e. The molecule has 0 bridgehead atoms. The summed E-state index contributed by atoms with van der Waals surface area (Å²) in [6.45, 7) is 8.51. The van der Waals surface area contributed by atoms with Crippen molar-refractivity contribution < 1.29 is 0 Å². The van der Waals surface area contributed by atoms with E-state index in [0.29, 0.717) is 16.3 Å². The van der Waals surface area contributed by atoms with Crippen molar-refractivity contribution in [2.24, 2.45) is 5.10 Å². The Hall–Kier alpha value is -2.54. The molecule has 0 aliphatic rings. The van der Waals surface area contributed by atoms with E-state index in [2.05, 4.69) is 58.4 Å². The van der Waals surface area contributed by atoms with Crippen LogP contribution in [0.4, 0.5) is 0 Å². The summed E-state index contributed by atoms with van der Waals surface area (Å²) in [6.07, 6.45) is 1.76. The smallest absolute Gasteiger partial charge is 0.216 e. The summed E-state index contributed by atoms with van der Waals surface area (Å²) in [5.41, 5.74) is 4.06. The van der Waals surface area contributed by atoms with E-state index >= 15 is 0 Å². The van der Waals surface area contributed by atoms with Gasteiger partial charge in [0, 0.05) is 5.69 Å². The molecule has 124 valence electrons. The van der Waals surface area contributed by atoms with Crippen molar-refractivity contribution in [1.29, 1.82) is 0 Å². The molecule has 0 saturated heterocycles. The third-order valence-corrected chi connectivity index (χ3v) is 3.95. The van der Waals surface area contributed by atoms with E-state index in [0.717, 1.165) is 11.3 Å². The third-order valence-electron chi connectivity index (χ3n) is 3.68.